The summed E-state index contributed by atoms with van der Waals surface area (Å²) in [6, 6.07) is 2.30. The first kappa shape index (κ1) is 14.3. The second-order valence-corrected chi connectivity index (χ2v) is 7.13. The van der Waals surface area contributed by atoms with E-state index in [0.717, 1.165) is 12.1 Å². The first-order chi connectivity index (χ1) is 8.56. The van der Waals surface area contributed by atoms with Crippen molar-refractivity contribution >= 4 is 0 Å². The van der Waals surface area contributed by atoms with E-state index in [1.54, 1.807) is 0 Å². The Morgan fingerprint density at radius 2 is 1.83 bits per heavy atom. The first-order valence-electron chi connectivity index (χ1n) is 8.01. The zero-order valence-electron chi connectivity index (χ0n) is 12.8. The summed E-state index contributed by atoms with van der Waals surface area (Å²) in [5.41, 5.74) is 0.465. The van der Waals surface area contributed by atoms with Gasteiger partial charge in [0.15, 0.2) is 0 Å². The highest BCUT2D eigenvalue weighted by atomic mass is 15.2. The zero-order valence-corrected chi connectivity index (χ0v) is 12.8. The van der Waals surface area contributed by atoms with Gasteiger partial charge in [0, 0.05) is 18.1 Å². The molecule has 106 valence electrons. The van der Waals surface area contributed by atoms with Gasteiger partial charge in [-0.1, -0.05) is 33.6 Å². The van der Waals surface area contributed by atoms with Crippen LogP contribution in [0.2, 0.25) is 0 Å². The topological polar surface area (TPSA) is 15.3 Å². The molecule has 0 bridgehead atoms. The van der Waals surface area contributed by atoms with Crippen LogP contribution in [0.1, 0.15) is 65.7 Å². The van der Waals surface area contributed by atoms with Gasteiger partial charge in [-0.2, -0.15) is 0 Å². The Hall–Kier alpha value is -0.0800. The van der Waals surface area contributed by atoms with E-state index < -0.39 is 0 Å². The number of rotatable bonds is 5. The van der Waals surface area contributed by atoms with Gasteiger partial charge < -0.3 is 5.32 Å². The molecule has 0 radical (unpaired) electrons. The van der Waals surface area contributed by atoms with E-state index in [1.165, 1.54) is 51.5 Å². The summed E-state index contributed by atoms with van der Waals surface area (Å²) in [5, 5.41) is 3.83. The molecule has 18 heavy (non-hydrogen) atoms. The van der Waals surface area contributed by atoms with Gasteiger partial charge in [-0.25, -0.2) is 0 Å². The molecular weight excluding hydrogens is 220 g/mol. The van der Waals surface area contributed by atoms with Crippen LogP contribution in [0.5, 0.6) is 0 Å². The van der Waals surface area contributed by atoms with E-state index in [0.29, 0.717) is 11.5 Å². The predicted molar refractivity (Wildman–Crippen MR) is 78.9 cm³/mol. The molecule has 0 saturated heterocycles. The van der Waals surface area contributed by atoms with E-state index in [9.17, 15) is 0 Å². The Labute approximate surface area is 114 Å². The van der Waals surface area contributed by atoms with Gasteiger partial charge in [0.2, 0.25) is 0 Å². The fourth-order valence-corrected chi connectivity index (χ4v) is 4.10. The van der Waals surface area contributed by atoms with Crippen LogP contribution in [0.15, 0.2) is 0 Å². The summed E-state index contributed by atoms with van der Waals surface area (Å²) < 4.78 is 0. The summed E-state index contributed by atoms with van der Waals surface area (Å²) >= 11 is 0. The number of likely N-dealkylation sites (N-methyl/N-ethyl adjacent to an activating group) is 1. The third-order valence-electron chi connectivity index (χ3n) is 5.35. The van der Waals surface area contributed by atoms with E-state index in [4.69, 9.17) is 0 Å². The highest BCUT2D eigenvalue weighted by Crippen LogP contribution is 2.41. The van der Waals surface area contributed by atoms with Crippen LogP contribution in [0.25, 0.3) is 0 Å². The van der Waals surface area contributed by atoms with Crippen LogP contribution in [0.3, 0.4) is 0 Å². The minimum atomic E-state index is 0.465. The summed E-state index contributed by atoms with van der Waals surface area (Å²) in [6.45, 7) is 8.33. The number of hydrogen-bond acceptors (Lipinski definition) is 2. The minimum Gasteiger partial charge on any atom is -0.312 e. The lowest BCUT2D eigenvalue weighted by Gasteiger charge is -2.38. The highest BCUT2D eigenvalue weighted by Gasteiger charge is 2.44. The van der Waals surface area contributed by atoms with Crippen molar-refractivity contribution < 1.29 is 0 Å². The van der Waals surface area contributed by atoms with E-state index >= 15 is 0 Å². The largest absolute Gasteiger partial charge is 0.312 e. The number of hydrogen-bond donors (Lipinski definition) is 1. The SMILES string of the molecule is CCCNC1C(N(C)C2CCCC2)CCC1(C)C. The van der Waals surface area contributed by atoms with Gasteiger partial charge in [0.25, 0.3) is 0 Å². The third-order valence-corrected chi connectivity index (χ3v) is 5.35. The van der Waals surface area contributed by atoms with E-state index in [1.807, 2.05) is 0 Å². The van der Waals surface area contributed by atoms with E-state index in [-0.39, 0.29) is 0 Å². The molecule has 2 unspecified atom stereocenters. The maximum Gasteiger partial charge on any atom is 0.0274 e. The molecule has 0 aromatic carbocycles. The van der Waals surface area contributed by atoms with Crippen molar-refractivity contribution in [3.05, 3.63) is 0 Å². The van der Waals surface area contributed by atoms with Gasteiger partial charge >= 0.3 is 0 Å². The van der Waals surface area contributed by atoms with Crippen LogP contribution in [-0.2, 0) is 0 Å². The molecule has 1 N–H and O–H groups in total. The molecule has 2 aliphatic rings. The normalized spacial score (nSPS) is 32.5. The minimum absolute atomic E-state index is 0.465. The number of nitrogens with zero attached hydrogens (tertiary/aromatic N) is 1. The Balaban J connectivity index is 2.00. The van der Waals surface area contributed by atoms with Crippen molar-refractivity contribution in [2.75, 3.05) is 13.6 Å². The third kappa shape index (κ3) is 2.91. The Bertz CT molecular complexity index is 256. The fraction of sp³-hybridized carbons (Fsp3) is 1.00. The molecule has 2 rings (SSSR count). The molecule has 0 aromatic heterocycles. The van der Waals surface area contributed by atoms with Crippen LogP contribution in [0, 0.1) is 5.41 Å². The lowest BCUT2D eigenvalue weighted by atomic mass is 9.86. The highest BCUT2D eigenvalue weighted by molar-refractivity contribution is 5.01. The van der Waals surface area contributed by atoms with Crippen molar-refractivity contribution in [1.82, 2.24) is 10.2 Å². The monoisotopic (exact) mass is 252 g/mol. The molecular formula is C16H32N2. The average molecular weight is 252 g/mol. The van der Waals surface area contributed by atoms with Gasteiger partial charge in [0.1, 0.15) is 0 Å². The van der Waals surface area contributed by atoms with Crippen LogP contribution in [-0.4, -0.2) is 36.6 Å². The molecule has 2 fully saturated rings. The summed E-state index contributed by atoms with van der Waals surface area (Å²) in [4.78, 5) is 2.72. The van der Waals surface area contributed by atoms with Gasteiger partial charge in [0.05, 0.1) is 0 Å². The maximum atomic E-state index is 3.83. The second kappa shape index (κ2) is 5.92. The molecule has 2 atom stereocenters. The maximum absolute atomic E-state index is 3.83. The van der Waals surface area contributed by atoms with E-state index in [2.05, 4.69) is 38.0 Å². The van der Waals surface area contributed by atoms with Crippen molar-refractivity contribution in [3.63, 3.8) is 0 Å². The standard InChI is InChI=1S/C16H32N2/c1-5-12-17-15-14(10-11-16(15,2)3)18(4)13-8-6-7-9-13/h13-15,17H,5-12H2,1-4H3. The van der Waals surface area contributed by atoms with Crippen LogP contribution < -0.4 is 5.32 Å². The second-order valence-electron chi connectivity index (χ2n) is 7.13. The van der Waals surface area contributed by atoms with Crippen molar-refractivity contribution in [1.29, 1.82) is 0 Å². The Kier molecular flexibility index (Phi) is 4.71. The van der Waals surface area contributed by atoms with Crippen LogP contribution in [0.4, 0.5) is 0 Å². The Morgan fingerprint density at radius 3 is 2.44 bits per heavy atom. The summed E-state index contributed by atoms with van der Waals surface area (Å²) in [5.74, 6) is 0. The molecule has 0 aliphatic heterocycles. The fourth-order valence-electron chi connectivity index (χ4n) is 4.10. The molecule has 0 heterocycles. The molecule has 0 amide bonds. The number of nitrogens with one attached hydrogen (secondary N) is 1. The molecule has 2 heteroatoms. The smallest absolute Gasteiger partial charge is 0.0274 e. The molecule has 2 saturated carbocycles. The summed E-state index contributed by atoms with van der Waals surface area (Å²) in [7, 11) is 2.38. The van der Waals surface area contributed by atoms with Crippen LogP contribution >= 0.6 is 0 Å². The lowest BCUT2D eigenvalue weighted by Crippen LogP contribution is -2.53. The van der Waals surface area contributed by atoms with Gasteiger partial charge in [-0.15, -0.1) is 0 Å². The zero-order chi connectivity index (χ0) is 13.2. The molecule has 2 nitrogen and oxygen atoms in total. The average Bonchev–Trinajstić information content (AvgIpc) is 2.93. The quantitative estimate of drug-likeness (QED) is 0.806. The Morgan fingerprint density at radius 1 is 1.17 bits per heavy atom. The molecule has 0 spiro atoms. The van der Waals surface area contributed by atoms with Crippen molar-refractivity contribution in [2.45, 2.75) is 83.8 Å². The molecule has 0 aromatic rings. The predicted octanol–water partition coefficient (Wildman–Crippen LogP) is 3.42. The van der Waals surface area contributed by atoms with Crippen molar-refractivity contribution in [2.24, 2.45) is 5.41 Å². The van der Waals surface area contributed by atoms with Gasteiger partial charge in [-0.05, 0) is 51.1 Å². The van der Waals surface area contributed by atoms with Crippen molar-refractivity contribution in [3.8, 4) is 0 Å². The molecule has 2 aliphatic carbocycles. The lowest BCUT2D eigenvalue weighted by molar-refractivity contribution is 0.129. The first-order valence-corrected chi connectivity index (χ1v) is 8.01. The van der Waals surface area contributed by atoms with Gasteiger partial charge in [-0.3, -0.25) is 4.90 Å². The summed E-state index contributed by atoms with van der Waals surface area (Å²) in [6.07, 6.45) is 9.72.